The average molecular weight is 286 g/mol. The van der Waals surface area contributed by atoms with E-state index in [9.17, 15) is 4.79 Å². The molecule has 1 aromatic carbocycles. The first-order chi connectivity index (χ1) is 9.95. The molecular weight excluding hydrogens is 264 g/mol. The smallest absolute Gasteiger partial charge is 0.255 e. The number of fused-ring (bicyclic) bond motifs is 1. The lowest BCUT2D eigenvalue weighted by Gasteiger charge is -2.31. The Hall–Kier alpha value is -2.10. The highest BCUT2D eigenvalue weighted by Gasteiger charge is 2.24. The first-order valence-corrected chi connectivity index (χ1v) is 7.22. The number of carbonyl (C=O) groups excluding carboxylic acids is 1. The first-order valence-electron chi connectivity index (χ1n) is 7.22. The van der Waals surface area contributed by atoms with Gasteiger partial charge in [0.25, 0.3) is 5.91 Å². The standard InChI is InChI=1S/C17H22N2O2/c1-11(2)19(12(3)4)17(20)14-10-16(21-5)18-15-9-7-6-8-13(14)15/h6-12H,1-5H3. The molecule has 0 unspecified atom stereocenters. The van der Waals surface area contributed by atoms with E-state index in [-0.39, 0.29) is 18.0 Å². The number of para-hydroxylation sites is 1. The van der Waals surface area contributed by atoms with Crippen molar-refractivity contribution in [3.63, 3.8) is 0 Å². The van der Waals surface area contributed by atoms with Gasteiger partial charge in [-0.1, -0.05) is 18.2 Å². The number of benzene rings is 1. The van der Waals surface area contributed by atoms with Crippen LogP contribution in [-0.2, 0) is 0 Å². The minimum Gasteiger partial charge on any atom is -0.481 e. The van der Waals surface area contributed by atoms with Gasteiger partial charge in [0.15, 0.2) is 0 Å². The third kappa shape index (κ3) is 2.99. The molecule has 2 aromatic rings. The Balaban J connectivity index is 2.61. The summed E-state index contributed by atoms with van der Waals surface area (Å²) in [4.78, 5) is 19.2. The maximum atomic E-state index is 13.0. The Kier molecular flexibility index (Phi) is 4.46. The number of hydrogen-bond acceptors (Lipinski definition) is 3. The van der Waals surface area contributed by atoms with Crippen molar-refractivity contribution in [2.75, 3.05) is 7.11 Å². The number of hydrogen-bond donors (Lipinski definition) is 0. The van der Waals surface area contributed by atoms with E-state index in [4.69, 9.17) is 4.74 Å². The highest BCUT2D eigenvalue weighted by Crippen LogP contribution is 2.24. The van der Waals surface area contributed by atoms with E-state index in [1.165, 1.54) is 0 Å². The van der Waals surface area contributed by atoms with Gasteiger partial charge >= 0.3 is 0 Å². The molecule has 21 heavy (non-hydrogen) atoms. The molecule has 1 heterocycles. The van der Waals surface area contributed by atoms with Crippen molar-refractivity contribution in [1.29, 1.82) is 0 Å². The number of rotatable bonds is 4. The largest absolute Gasteiger partial charge is 0.481 e. The predicted molar refractivity (Wildman–Crippen MR) is 84.7 cm³/mol. The Morgan fingerprint density at radius 1 is 1.14 bits per heavy atom. The van der Waals surface area contributed by atoms with Gasteiger partial charge < -0.3 is 9.64 Å². The highest BCUT2D eigenvalue weighted by atomic mass is 16.5. The van der Waals surface area contributed by atoms with E-state index in [0.29, 0.717) is 11.4 Å². The summed E-state index contributed by atoms with van der Waals surface area (Å²) in [6, 6.07) is 9.64. The number of pyridine rings is 1. The third-order valence-corrected chi connectivity index (χ3v) is 3.48. The minimum atomic E-state index is 0.0110. The van der Waals surface area contributed by atoms with Gasteiger partial charge in [0, 0.05) is 23.5 Å². The molecule has 0 aliphatic rings. The van der Waals surface area contributed by atoms with E-state index in [1.54, 1.807) is 13.2 Å². The normalized spacial score (nSPS) is 11.2. The Morgan fingerprint density at radius 3 is 2.33 bits per heavy atom. The van der Waals surface area contributed by atoms with Crippen molar-refractivity contribution in [2.45, 2.75) is 39.8 Å². The Morgan fingerprint density at radius 2 is 1.76 bits per heavy atom. The van der Waals surface area contributed by atoms with Gasteiger partial charge in [-0.3, -0.25) is 4.79 Å². The summed E-state index contributed by atoms with van der Waals surface area (Å²) in [5.41, 5.74) is 1.41. The fourth-order valence-electron chi connectivity index (χ4n) is 2.64. The molecule has 112 valence electrons. The quantitative estimate of drug-likeness (QED) is 0.864. The number of methoxy groups -OCH3 is 1. The highest BCUT2D eigenvalue weighted by molar-refractivity contribution is 6.06. The lowest BCUT2D eigenvalue weighted by molar-refractivity contribution is 0.0645. The Labute approximate surface area is 125 Å². The van der Waals surface area contributed by atoms with Crippen LogP contribution in [-0.4, -0.2) is 35.0 Å². The van der Waals surface area contributed by atoms with E-state index in [2.05, 4.69) is 4.98 Å². The van der Waals surface area contributed by atoms with Crippen LogP contribution in [0.15, 0.2) is 30.3 Å². The molecule has 4 nitrogen and oxygen atoms in total. The summed E-state index contributed by atoms with van der Waals surface area (Å²) < 4.78 is 5.23. The zero-order valence-corrected chi connectivity index (χ0v) is 13.3. The van der Waals surface area contributed by atoms with Crippen LogP contribution in [0.3, 0.4) is 0 Å². The maximum Gasteiger partial charge on any atom is 0.255 e. The van der Waals surface area contributed by atoms with Crippen molar-refractivity contribution in [3.8, 4) is 5.88 Å². The topological polar surface area (TPSA) is 42.4 Å². The number of amides is 1. The van der Waals surface area contributed by atoms with Crippen LogP contribution in [0.25, 0.3) is 10.9 Å². The molecule has 1 amide bonds. The molecule has 0 N–H and O–H groups in total. The van der Waals surface area contributed by atoms with Crippen molar-refractivity contribution < 1.29 is 9.53 Å². The predicted octanol–water partition coefficient (Wildman–Crippen LogP) is 3.50. The van der Waals surface area contributed by atoms with Crippen molar-refractivity contribution >= 4 is 16.8 Å². The van der Waals surface area contributed by atoms with Crippen LogP contribution < -0.4 is 4.74 Å². The maximum absolute atomic E-state index is 13.0. The molecule has 0 radical (unpaired) electrons. The number of nitrogens with zero attached hydrogens (tertiary/aromatic N) is 2. The number of ether oxygens (including phenoxy) is 1. The molecule has 0 bridgehead atoms. The summed E-state index contributed by atoms with van der Waals surface area (Å²) in [6.07, 6.45) is 0. The lowest BCUT2D eigenvalue weighted by Crippen LogP contribution is -2.42. The second-order valence-corrected chi connectivity index (χ2v) is 5.63. The van der Waals surface area contributed by atoms with Crippen LogP contribution in [0.1, 0.15) is 38.1 Å². The Bertz CT molecular complexity index is 642. The van der Waals surface area contributed by atoms with Gasteiger partial charge in [-0.25, -0.2) is 4.98 Å². The van der Waals surface area contributed by atoms with Crippen molar-refractivity contribution in [2.24, 2.45) is 0 Å². The third-order valence-electron chi connectivity index (χ3n) is 3.48. The second-order valence-electron chi connectivity index (χ2n) is 5.63. The van der Waals surface area contributed by atoms with Crippen LogP contribution in [0.2, 0.25) is 0 Å². The minimum absolute atomic E-state index is 0.0110. The summed E-state index contributed by atoms with van der Waals surface area (Å²) >= 11 is 0. The molecule has 2 rings (SSSR count). The van der Waals surface area contributed by atoms with Gasteiger partial charge in [-0.2, -0.15) is 0 Å². The van der Waals surface area contributed by atoms with E-state index in [1.807, 2.05) is 56.9 Å². The second kappa shape index (κ2) is 6.12. The summed E-state index contributed by atoms with van der Waals surface area (Å²) in [7, 11) is 1.56. The number of aromatic nitrogens is 1. The van der Waals surface area contributed by atoms with Crippen molar-refractivity contribution in [1.82, 2.24) is 9.88 Å². The van der Waals surface area contributed by atoms with E-state index >= 15 is 0 Å². The molecule has 4 heteroatoms. The summed E-state index contributed by atoms with van der Waals surface area (Å²) in [6.45, 7) is 8.11. The first kappa shape index (κ1) is 15.3. The molecule has 0 fully saturated rings. The van der Waals surface area contributed by atoms with Crippen LogP contribution >= 0.6 is 0 Å². The van der Waals surface area contributed by atoms with Crippen LogP contribution in [0.5, 0.6) is 5.88 Å². The molecule has 0 saturated carbocycles. The van der Waals surface area contributed by atoms with E-state index < -0.39 is 0 Å². The summed E-state index contributed by atoms with van der Waals surface area (Å²) in [5, 5.41) is 0.856. The number of carbonyl (C=O) groups is 1. The summed E-state index contributed by atoms with van der Waals surface area (Å²) in [5.74, 6) is 0.474. The van der Waals surface area contributed by atoms with Gasteiger partial charge in [0.05, 0.1) is 18.2 Å². The van der Waals surface area contributed by atoms with Crippen molar-refractivity contribution in [3.05, 3.63) is 35.9 Å². The molecule has 1 aromatic heterocycles. The molecular formula is C17H22N2O2. The molecule has 0 saturated heterocycles. The van der Waals surface area contributed by atoms with Gasteiger partial charge in [-0.05, 0) is 33.8 Å². The van der Waals surface area contributed by atoms with Gasteiger partial charge in [-0.15, -0.1) is 0 Å². The molecule has 0 aliphatic carbocycles. The fraction of sp³-hybridized carbons (Fsp3) is 0.412. The van der Waals surface area contributed by atoms with E-state index in [0.717, 1.165) is 10.9 Å². The molecule has 0 aliphatic heterocycles. The van der Waals surface area contributed by atoms with Gasteiger partial charge in [0.1, 0.15) is 0 Å². The van der Waals surface area contributed by atoms with Gasteiger partial charge in [0.2, 0.25) is 5.88 Å². The zero-order valence-electron chi connectivity index (χ0n) is 13.3. The fourth-order valence-corrected chi connectivity index (χ4v) is 2.64. The monoisotopic (exact) mass is 286 g/mol. The van der Waals surface area contributed by atoms with Crippen LogP contribution in [0.4, 0.5) is 0 Å². The average Bonchev–Trinajstić information content (AvgIpc) is 2.45. The zero-order chi connectivity index (χ0) is 15.6. The lowest BCUT2D eigenvalue weighted by atomic mass is 10.1. The van der Waals surface area contributed by atoms with Crippen LogP contribution in [0, 0.1) is 0 Å². The molecule has 0 spiro atoms. The molecule has 0 atom stereocenters. The SMILES string of the molecule is COc1cc(C(=O)N(C(C)C)C(C)C)c2ccccc2n1.